The lowest BCUT2D eigenvalue weighted by Crippen LogP contribution is -2.26. The van der Waals surface area contributed by atoms with Gasteiger partial charge in [0.15, 0.2) is 5.06 Å². The Kier molecular flexibility index (Phi) is 4.29. The van der Waals surface area contributed by atoms with E-state index in [1.807, 2.05) is 6.07 Å². The molecule has 100 valence electrons. The molecule has 2 amide bonds. The van der Waals surface area contributed by atoms with Crippen LogP contribution in [0.4, 0.5) is 9.80 Å². The molecule has 0 fully saturated rings. The zero-order valence-electron chi connectivity index (χ0n) is 10.5. The second-order valence-corrected chi connectivity index (χ2v) is 5.48. The largest absolute Gasteiger partial charge is 0.447 e. The number of carbonyl (C=O) groups excluding carboxylic acids is 1. The third-order valence-corrected chi connectivity index (χ3v) is 3.38. The van der Waals surface area contributed by atoms with Gasteiger partial charge >= 0.3 is 6.03 Å². The van der Waals surface area contributed by atoms with Crippen molar-refractivity contribution in [3.8, 4) is 10.8 Å². The van der Waals surface area contributed by atoms with Gasteiger partial charge in [-0.15, -0.1) is 0 Å². The number of benzene rings is 1. The first-order chi connectivity index (χ1) is 9.04. The number of hydrogen-bond acceptors (Lipinski definition) is 3. The molecule has 0 saturated carbocycles. The van der Waals surface area contributed by atoms with Crippen molar-refractivity contribution in [1.82, 2.24) is 4.90 Å². The van der Waals surface area contributed by atoms with E-state index in [2.05, 4.69) is 5.32 Å². The molecule has 0 aliphatic heterocycles. The predicted octanol–water partition coefficient (Wildman–Crippen LogP) is 4.29. The topological polar surface area (TPSA) is 41.6 Å². The van der Waals surface area contributed by atoms with Crippen molar-refractivity contribution in [2.45, 2.75) is 0 Å². The van der Waals surface area contributed by atoms with Gasteiger partial charge in [-0.05, 0) is 36.4 Å². The molecule has 2 rings (SSSR count). The number of amides is 2. The summed E-state index contributed by atoms with van der Waals surface area (Å²) in [6.45, 7) is 0. The van der Waals surface area contributed by atoms with Gasteiger partial charge in [0, 0.05) is 19.1 Å². The summed E-state index contributed by atoms with van der Waals surface area (Å²) in [6, 6.07) is 10.6. The maximum atomic E-state index is 11.5. The van der Waals surface area contributed by atoms with E-state index >= 15 is 0 Å². The van der Waals surface area contributed by atoms with E-state index in [1.54, 1.807) is 44.4 Å². The third kappa shape index (κ3) is 3.87. The van der Waals surface area contributed by atoms with E-state index in [1.165, 1.54) is 16.2 Å². The average molecular weight is 297 g/mol. The molecule has 1 N–H and O–H groups in total. The van der Waals surface area contributed by atoms with Crippen LogP contribution in [0.2, 0.25) is 5.02 Å². The van der Waals surface area contributed by atoms with Gasteiger partial charge in [0.1, 0.15) is 10.8 Å². The molecule has 0 radical (unpaired) electrons. The van der Waals surface area contributed by atoms with Crippen molar-refractivity contribution in [3.63, 3.8) is 0 Å². The number of nitrogens with zero attached hydrogens (tertiary/aromatic N) is 1. The molecular formula is C13H13ClN2O2S. The maximum Gasteiger partial charge on any atom is 0.321 e. The van der Waals surface area contributed by atoms with Crippen molar-refractivity contribution in [2.75, 3.05) is 19.4 Å². The van der Waals surface area contributed by atoms with E-state index in [4.69, 9.17) is 16.3 Å². The van der Waals surface area contributed by atoms with Gasteiger partial charge in [-0.25, -0.2) is 4.79 Å². The highest BCUT2D eigenvalue weighted by molar-refractivity contribution is 7.18. The van der Waals surface area contributed by atoms with Crippen LogP contribution in [0.25, 0.3) is 0 Å². The Morgan fingerprint density at radius 2 is 1.89 bits per heavy atom. The quantitative estimate of drug-likeness (QED) is 0.918. The van der Waals surface area contributed by atoms with Crippen LogP contribution in [-0.4, -0.2) is 25.0 Å². The number of nitrogens with one attached hydrogen (secondary N) is 1. The summed E-state index contributed by atoms with van der Waals surface area (Å²) in [5.74, 6) is 0.705. The first kappa shape index (κ1) is 13.7. The fourth-order valence-corrected chi connectivity index (χ4v) is 2.17. The third-order valence-electron chi connectivity index (χ3n) is 2.25. The SMILES string of the molecule is CN(C)C(=O)Nc1ccc(Oc2ccc(Cl)cc2)s1. The van der Waals surface area contributed by atoms with E-state index in [0.29, 0.717) is 15.8 Å². The summed E-state index contributed by atoms with van der Waals surface area (Å²) in [5.41, 5.74) is 0. The lowest BCUT2D eigenvalue weighted by atomic mass is 10.3. The first-order valence-electron chi connectivity index (χ1n) is 5.56. The van der Waals surface area contributed by atoms with Crippen LogP contribution < -0.4 is 10.1 Å². The number of urea groups is 1. The number of carbonyl (C=O) groups is 1. The molecule has 0 spiro atoms. The Bertz CT molecular complexity index is 566. The highest BCUT2D eigenvalue weighted by Crippen LogP contribution is 2.33. The highest BCUT2D eigenvalue weighted by Gasteiger charge is 2.07. The summed E-state index contributed by atoms with van der Waals surface area (Å²) in [4.78, 5) is 13.0. The summed E-state index contributed by atoms with van der Waals surface area (Å²) in [7, 11) is 3.38. The van der Waals surface area contributed by atoms with Crippen LogP contribution in [0.1, 0.15) is 0 Å². The molecule has 1 aromatic heterocycles. The van der Waals surface area contributed by atoms with Crippen molar-refractivity contribution in [1.29, 1.82) is 0 Å². The normalized spacial score (nSPS) is 10.1. The number of halogens is 1. The summed E-state index contributed by atoms with van der Waals surface area (Å²) >= 11 is 7.16. The van der Waals surface area contributed by atoms with Gasteiger partial charge in [-0.1, -0.05) is 22.9 Å². The minimum Gasteiger partial charge on any atom is -0.447 e. The second kappa shape index (κ2) is 5.95. The highest BCUT2D eigenvalue weighted by atomic mass is 35.5. The molecule has 0 saturated heterocycles. The van der Waals surface area contributed by atoms with E-state index in [-0.39, 0.29) is 6.03 Å². The average Bonchev–Trinajstić information content (AvgIpc) is 2.79. The van der Waals surface area contributed by atoms with Gasteiger partial charge < -0.3 is 9.64 Å². The Labute approximate surface area is 120 Å². The second-order valence-electron chi connectivity index (χ2n) is 4.00. The smallest absolute Gasteiger partial charge is 0.321 e. The Hall–Kier alpha value is -1.72. The van der Waals surface area contributed by atoms with Gasteiger partial charge in [0.05, 0.1) is 0 Å². The number of ether oxygens (including phenoxy) is 1. The molecule has 0 bridgehead atoms. The minimum absolute atomic E-state index is 0.167. The summed E-state index contributed by atoms with van der Waals surface area (Å²) in [6.07, 6.45) is 0. The molecular weight excluding hydrogens is 284 g/mol. The zero-order chi connectivity index (χ0) is 13.8. The summed E-state index contributed by atoms with van der Waals surface area (Å²) < 4.78 is 5.65. The number of rotatable bonds is 3. The fourth-order valence-electron chi connectivity index (χ4n) is 1.28. The lowest BCUT2D eigenvalue weighted by molar-refractivity contribution is 0.231. The monoisotopic (exact) mass is 296 g/mol. The molecule has 0 aliphatic carbocycles. The van der Waals surface area contributed by atoms with Gasteiger partial charge in [-0.2, -0.15) is 0 Å². The molecule has 19 heavy (non-hydrogen) atoms. The Morgan fingerprint density at radius 3 is 2.53 bits per heavy atom. The van der Waals surface area contributed by atoms with Crippen molar-refractivity contribution >= 4 is 34.0 Å². The summed E-state index contributed by atoms with van der Waals surface area (Å²) in [5, 5.41) is 4.87. The molecule has 0 aliphatic rings. The van der Waals surface area contributed by atoms with Crippen LogP contribution in [0.15, 0.2) is 36.4 Å². The number of anilines is 1. The van der Waals surface area contributed by atoms with Crippen LogP contribution >= 0.6 is 22.9 Å². The van der Waals surface area contributed by atoms with Crippen LogP contribution in [-0.2, 0) is 0 Å². The van der Waals surface area contributed by atoms with Gasteiger partial charge in [0.2, 0.25) is 0 Å². The fraction of sp³-hybridized carbons (Fsp3) is 0.154. The molecule has 1 heterocycles. The molecule has 4 nitrogen and oxygen atoms in total. The maximum absolute atomic E-state index is 11.5. The minimum atomic E-state index is -0.167. The lowest BCUT2D eigenvalue weighted by Gasteiger charge is -2.09. The predicted molar refractivity (Wildman–Crippen MR) is 78.6 cm³/mol. The molecule has 0 unspecified atom stereocenters. The Balaban J connectivity index is 2.01. The molecule has 1 aromatic carbocycles. The molecule has 0 atom stereocenters. The van der Waals surface area contributed by atoms with E-state index in [9.17, 15) is 4.79 Å². The van der Waals surface area contributed by atoms with Crippen molar-refractivity contribution in [2.24, 2.45) is 0 Å². The Morgan fingerprint density at radius 1 is 1.21 bits per heavy atom. The standard InChI is InChI=1S/C13H13ClN2O2S/c1-16(2)13(17)15-11-7-8-12(19-11)18-10-5-3-9(14)4-6-10/h3-8H,1-2H3,(H,15,17). The van der Waals surface area contributed by atoms with Gasteiger partial charge in [0.25, 0.3) is 0 Å². The van der Waals surface area contributed by atoms with Crippen LogP contribution in [0.5, 0.6) is 10.8 Å². The van der Waals surface area contributed by atoms with Crippen molar-refractivity contribution in [3.05, 3.63) is 41.4 Å². The molecule has 6 heteroatoms. The first-order valence-corrected chi connectivity index (χ1v) is 6.75. The number of hydrogen-bond donors (Lipinski definition) is 1. The van der Waals surface area contributed by atoms with E-state index in [0.717, 1.165) is 5.00 Å². The van der Waals surface area contributed by atoms with Crippen LogP contribution in [0.3, 0.4) is 0 Å². The van der Waals surface area contributed by atoms with E-state index < -0.39 is 0 Å². The zero-order valence-corrected chi connectivity index (χ0v) is 12.1. The van der Waals surface area contributed by atoms with Crippen molar-refractivity contribution < 1.29 is 9.53 Å². The van der Waals surface area contributed by atoms with Gasteiger partial charge in [-0.3, -0.25) is 5.32 Å². The number of thiophene rings is 1. The van der Waals surface area contributed by atoms with Crippen LogP contribution in [0, 0.1) is 0 Å². The molecule has 2 aromatic rings.